The summed E-state index contributed by atoms with van der Waals surface area (Å²) in [5.41, 5.74) is 0.253. The first-order valence-electron chi connectivity index (χ1n) is 11.8. The van der Waals surface area contributed by atoms with Crippen LogP contribution in [-0.4, -0.2) is 78.1 Å². The Morgan fingerprint density at radius 2 is 2.03 bits per heavy atom. The van der Waals surface area contributed by atoms with Crippen molar-refractivity contribution >= 4 is 29.5 Å². The van der Waals surface area contributed by atoms with Gasteiger partial charge in [-0.05, 0) is 30.8 Å². The van der Waals surface area contributed by atoms with Crippen molar-refractivity contribution in [3.05, 3.63) is 17.6 Å². The van der Waals surface area contributed by atoms with Gasteiger partial charge in [0.15, 0.2) is 0 Å². The molecule has 1 aromatic heterocycles. The number of ether oxygens (including phenoxy) is 1. The zero-order valence-electron chi connectivity index (χ0n) is 21.2. The summed E-state index contributed by atoms with van der Waals surface area (Å²) in [4.78, 5) is 37.2. The maximum Gasteiger partial charge on any atom is 0.310 e. The smallest absolute Gasteiger partial charge is 0.310 e. The van der Waals surface area contributed by atoms with Crippen LogP contribution < -0.4 is 10.6 Å². The molecule has 2 N–H and O–H groups in total. The molecular weight excluding hydrogens is 450 g/mol. The first-order chi connectivity index (χ1) is 15.6. The van der Waals surface area contributed by atoms with Crippen molar-refractivity contribution in [1.82, 2.24) is 20.2 Å². The summed E-state index contributed by atoms with van der Waals surface area (Å²) in [7, 11) is 1.41. The lowest BCUT2D eigenvalue weighted by Gasteiger charge is -2.38. The zero-order chi connectivity index (χ0) is 24.6. The Morgan fingerprint density at radius 1 is 1.32 bits per heavy atom. The number of piperidine rings is 1. The molecule has 0 saturated carbocycles. The van der Waals surface area contributed by atoms with E-state index < -0.39 is 0 Å². The zero-order valence-corrected chi connectivity index (χ0v) is 22.1. The average Bonchev–Trinajstić information content (AvgIpc) is 2.78. The highest BCUT2D eigenvalue weighted by Crippen LogP contribution is 2.25. The van der Waals surface area contributed by atoms with Gasteiger partial charge in [0.05, 0.1) is 13.0 Å². The maximum absolute atomic E-state index is 13.9. The molecule has 2 heterocycles. The van der Waals surface area contributed by atoms with Crippen molar-refractivity contribution in [1.29, 1.82) is 0 Å². The fraction of sp³-hybridized carbons (Fsp3) is 0.760. The third kappa shape index (κ3) is 8.41. The summed E-state index contributed by atoms with van der Waals surface area (Å²) < 4.78 is 4.96. The number of rotatable bonds is 10. The largest absolute Gasteiger partial charge is 0.469 e. The van der Waals surface area contributed by atoms with Crippen molar-refractivity contribution < 1.29 is 14.3 Å². The monoisotopic (exact) mass is 495 g/mol. The van der Waals surface area contributed by atoms with Crippen molar-refractivity contribution in [3.8, 4) is 0 Å². The number of aromatic nitrogens is 2. The summed E-state index contributed by atoms with van der Waals surface area (Å²) in [6.07, 6.45) is 5.30. The van der Waals surface area contributed by atoms with Crippen molar-refractivity contribution in [2.24, 2.45) is 11.8 Å². The molecule has 0 unspecified atom stereocenters. The normalized spacial score (nSPS) is 18.2. The van der Waals surface area contributed by atoms with Gasteiger partial charge in [0.2, 0.25) is 0 Å². The number of carbonyl (C=O) groups is 2. The fourth-order valence-electron chi connectivity index (χ4n) is 3.91. The van der Waals surface area contributed by atoms with Gasteiger partial charge in [-0.25, -0.2) is 9.97 Å². The molecule has 194 valence electrons. The molecule has 0 bridgehead atoms. The predicted molar refractivity (Wildman–Crippen MR) is 142 cm³/mol. The van der Waals surface area contributed by atoms with Crippen LogP contribution in [0.2, 0.25) is 0 Å². The topological polar surface area (TPSA) is 96.5 Å². The summed E-state index contributed by atoms with van der Waals surface area (Å²) >= 11 is 1.80. The van der Waals surface area contributed by atoms with Gasteiger partial charge in [0, 0.05) is 43.8 Å². The van der Waals surface area contributed by atoms with Crippen LogP contribution in [0.1, 0.15) is 71.1 Å². The van der Waals surface area contributed by atoms with Gasteiger partial charge in [-0.1, -0.05) is 42.0 Å². The SMILES string of the molecule is C.COC(=O)[C@H]1CNC[C@@H](N(CC(C)C)C(=O)c2cnc(C(C)(C)C)nc2NCCCSC)C1. The van der Waals surface area contributed by atoms with Crippen molar-refractivity contribution in [2.75, 3.05) is 50.6 Å². The second-order valence-corrected chi connectivity index (χ2v) is 11.1. The highest BCUT2D eigenvalue weighted by atomic mass is 32.2. The van der Waals surface area contributed by atoms with Crippen molar-refractivity contribution in [3.63, 3.8) is 0 Å². The van der Waals surface area contributed by atoms with Crippen LogP contribution in [-0.2, 0) is 14.9 Å². The van der Waals surface area contributed by atoms with E-state index in [4.69, 9.17) is 9.72 Å². The van der Waals surface area contributed by atoms with E-state index in [2.05, 4.69) is 56.5 Å². The van der Waals surface area contributed by atoms with Gasteiger partial charge in [-0.3, -0.25) is 9.59 Å². The Labute approximate surface area is 210 Å². The molecule has 0 spiro atoms. The molecule has 9 heteroatoms. The molecule has 1 aromatic rings. The van der Waals surface area contributed by atoms with Crippen molar-refractivity contribution in [2.45, 2.75) is 66.3 Å². The molecule has 1 aliphatic heterocycles. The van der Waals surface area contributed by atoms with Gasteiger partial charge >= 0.3 is 5.97 Å². The van der Waals surface area contributed by atoms with Crippen LogP contribution >= 0.6 is 11.8 Å². The predicted octanol–water partition coefficient (Wildman–Crippen LogP) is 3.82. The Hall–Kier alpha value is -1.87. The summed E-state index contributed by atoms with van der Waals surface area (Å²) in [5, 5.41) is 6.70. The standard InChI is InChI=1S/C24H41N5O3S.CH4/c1-16(2)15-29(18-11-17(12-25-13-18)22(31)32-6)21(30)19-14-27-23(24(3,4)5)28-20(19)26-9-8-10-33-7;/h14,16-18,25H,8-13,15H2,1-7H3,(H,26,27,28);1H4/t17-,18+;/m1./s1. The Balaban J connectivity index is 0.00000578. The van der Waals surface area contributed by atoms with Crippen LogP contribution in [0.4, 0.5) is 5.82 Å². The van der Waals surface area contributed by atoms with E-state index in [9.17, 15) is 9.59 Å². The number of methoxy groups -OCH3 is 1. The van der Waals surface area contributed by atoms with Gasteiger partial charge in [-0.2, -0.15) is 11.8 Å². The number of carbonyl (C=O) groups excluding carboxylic acids is 2. The first-order valence-corrected chi connectivity index (χ1v) is 13.2. The van der Waals surface area contributed by atoms with Crippen LogP contribution in [0.25, 0.3) is 0 Å². The Kier molecular flexibility index (Phi) is 12.3. The molecule has 0 aliphatic carbocycles. The number of esters is 1. The number of hydrogen-bond acceptors (Lipinski definition) is 8. The number of hydrogen-bond donors (Lipinski definition) is 2. The minimum Gasteiger partial charge on any atom is -0.469 e. The van der Waals surface area contributed by atoms with Crippen LogP contribution in [0.15, 0.2) is 6.20 Å². The lowest BCUT2D eigenvalue weighted by molar-refractivity contribution is -0.146. The van der Waals surface area contributed by atoms with E-state index in [1.54, 1.807) is 18.0 Å². The molecule has 8 nitrogen and oxygen atoms in total. The van der Waals surface area contributed by atoms with Crippen LogP contribution in [0.3, 0.4) is 0 Å². The summed E-state index contributed by atoms with van der Waals surface area (Å²) in [6, 6.07) is -0.107. The minimum absolute atomic E-state index is 0. The van der Waals surface area contributed by atoms with Crippen LogP contribution in [0, 0.1) is 11.8 Å². The lowest BCUT2D eigenvalue weighted by atomic mass is 9.93. The molecule has 1 aliphatic rings. The summed E-state index contributed by atoms with van der Waals surface area (Å²) in [5.74, 6) is 2.00. The Bertz CT molecular complexity index is 797. The van der Waals surface area contributed by atoms with Gasteiger partial charge in [0.1, 0.15) is 17.2 Å². The van der Waals surface area contributed by atoms with E-state index in [0.717, 1.165) is 18.7 Å². The molecule has 0 radical (unpaired) electrons. The number of nitrogens with zero attached hydrogens (tertiary/aromatic N) is 3. The molecule has 1 saturated heterocycles. The van der Waals surface area contributed by atoms with E-state index in [1.807, 2.05) is 4.90 Å². The van der Waals surface area contributed by atoms with E-state index in [1.165, 1.54) is 7.11 Å². The second kappa shape index (κ2) is 13.9. The highest BCUT2D eigenvalue weighted by molar-refractivity contribution is 7.98. The molecule has 34 heavy (non-hydrogen) atoms. The highest BCUT2D eigenvalue weighted by Gasteiger charge is 2.35. The van der Waals surface area contributed by atoms with Gasteiger partial charge in [0.25, 0.3) is 5.91 Å². The molecular formula is C25H45N5O3S. The number of thioether (sulfide) groups is 1. The lowest BCUT2D eigenvalue weighted by Crippen LogP contribution is -2.53. The number of amides is 1. The first kappa shape index (κ1) is 30.2. The third-order valence-electron chi connectivity index (χ3n) is 5.63. The second-order valence-electron chi connectivity index (χ2n) is 10.1. The molecule has 2 rings (SSSR count). The van der Waals surface area contributed by atoms with E-state index in [0.29, 0.717) is 43.3 Å². The number of anilines is 1. The fourth-order valence-corrected chi connectivity index (χ4v) is 4.34. The molecule has 0 aromatic carbocycles. The van der Waals surface area contributed by atoms with Crippen LogP contribution in [0.5, 0.6) is 0 Å². The minimum atomic E-state index is -0.264. The third-order valence-corrected chi connectivity index (χ3v) is 6.33. The Morgan fingerprint density at radius 3 is 2.62 bits per heavy atom. The maximum atomic E-state index is 13.9. The van der Waals surface area contributed by atoms with E-state index in [-0.39, 0.29) is 42.6 Å². The molecule has 2 atom stereocenters. The number of nitrogens with one attached hydrogen (secondary N) is 2. The van der Waals surface area contributed by atoms with Gasteiger partial charge in [-0.15, -0.1) is 0 Å². The average molecular weight is 496 g/mol. The summed E-state index contributed by atoms with van der Waals surface area (Å²) in [6.45, 7) is 12.9. The molecule has 1 fully saturated rings. The quantitative estimate of drug-likeness (QED) is 0.373. The van der Waals surface area contributed by atoms with Gasteiger partial charge < -0.3 is 20.3 Å². The molecule has 1 amide bonds. The van der Waals surface area contributed by atoms with E-state index >= 15 is 0 Å².